The topological polar surface area (TPSA) is 228 Å². The number of rotatable bonds is 13. The number of carbonyl (C=O) groups excluding carboxylic acids is 3. The van der Waals surface area contributed by atoms with Crippen LogP contribution < -0.4 is 21.7 Å². The van der Waals surface area contributed by atoms with Gasteiger partial charge in [-0.15, -0.1) is 0 Å². The highest BCUT2D eigenvalue weighted by Crippen LogP contribution is 2.11. The van der Waals surface area contributed by atoms with Crippen LogP contribution in [0.15, 0.2) is 24.3 Å². The zero-order valence-corrected chi connectivity index (χ0v) is 19.1. The molecule has 9 N–H and O–H groups in total. The first-order chi connectivity index (χ1) is 15.8. The van der Waals surface area contributed by atoms with Crippen LogP contribution in [0, 0.1) is 0 Å². The van der Waals surface area contributed by atoms with Gasteiger partial charge in [0.15, 0.2) is 0 Å². The Morgan fingerprint density at radius 1 is 0.912 bits per heavy atom. The summed E-state index contributed by atoms with van der Waals surface area (Å²) in [6, 6.07) is -0.133. The molecule has 0 saturated heterocycles. The Kier molecular flexibility index (Phi) is 11.3. The third-order valence-corrected chi connectivity index (χ3v) is 5.01. The van der Waals surface area contributed by atoms with E-state index in [0.29, 0.717) is 5.56 Å². The Morgan fingerprint density at radius 3 is 1.88 bits per heavy atom. The number of amides is 3. The molecule has 1 aromatic carbocycles. The maximum Gasteiger partial charge on any atom is 0.326 e. The van der Waals surface area contributed by atoms with Crippen molar-refractivity contribution in [2.45, 2.75) is 50.0 Å². The smallest absolute Gasteiger partial charge is 0.326 e. The van der Waals surface area contributed by atoms with Crippen molar-refractivity contribution in [3.63, 3.8) is 0 Å². The highest BCUT2D eigenvalue weighted by atomic mass is 32.1. The molecule has 0 aliphatic rings. The predicted molar refractivity (Wildman–Crippen MR) is 121 cm³/mol. The second-order valence-corrected chi connectivity index (χ2v) is 7.80. The summed E-state index contributed by atoms with van der Waals surface area (Å²) in [5, 5.41) is 43.8. The highest BCUT2D eigenvalue weighted by Gasteiger charge is 2.31. The number of benzene rings is 1. The summed E-state index contributed by atoms with van der Waals surface area (Å²) in [7, 11) is 0. The third-order valence-electron chi connectivity index (χ3n) is 4.64. The lowest BCUT2D eigenvalue weighted by atomic mass is 10.1. The Balaban J connectivity index is 2.90. The minimum Gasteiger partial charge on any atom is -0.508 e. The maximum atomic E-state index is 12.6. The molecule has 3 amide bonds. The van der Waals surface area contributed by atoms with Crippen molar-refractivity contribution in [2.24, 2.45) is 5.73 Å². The van der Waals surface area contributed by atoms with Gasteiger partial charge in [-0.05, 0) is 24.6 Å². The van der Waals surface area contributed by atoms with E-state index >= 15 is 0 Å². The molecule has 0 bridgehead atoms. The number of hydrogen-bond acceptors (Lipinski definition) is 9. The van der Waals surface area contributed by atoms with E-state index in [4.69, 9.17) is 10.8 Å². The molecule has 0 aromatic heterocycles. The second kappa shape index (κ2) is 13.4. The SMILES string of the molecule is CC(O)C(N)C(=O)NC(CC(=O)O)C(=O)NC(CS)C(=O)NC(Cc1ccc(O)cc1)C(=O)O. The van der Waals surface area contributed by atoms with Crippen LogP contribution in [0.2, 0.25) is 0 Å². The van der Waals surface area contributed by atoms with Crippen LogP contribution >= 0.6 is 12.6 Å². The standard InChI is InChI=1S/C20H28N4O9S/c1-9(25)16(21)19(31)22-12(7-15(27)28)17(29)24-14(8-34)18(30)23-13(20(32)33)6-10-2-4-11(26)5-3-10/h2-5,9,12-14,16,25-26,34H,6-8,21H2,1H3,(H,22,31)(H,23,30)(H,24,29)(H,27,28)(H,32,33). The van der Waals surface area contributed by atoms with E-state index in [1.165, 1.54) is 31.2 Å². The summed E-state index contributed by atoms with van der Waals surface area (Å²) in [5.41, 5.74) is 5.99. The van der Waals surface area contributed by atoms with Crippen LogP contribution in [0.5, 0.6) is 5.75 Å². The van der Waals surface area contributed by atoms with Crippen LogP contribution in [-0.2, 0) is 30.4 Å². The van der Waals surface area contributed by atoms with Crippen LogP contribution in [0.1, 0.15) is 18.9 Å². The lowest BCUT2D eigenvalue weighted by molar-refractivity contribution is -0.143. The van der Waals surface area contributed by atoms with Crippen molar-refractivity contribution in [3.8, 4) is 5.75 Å². The zero-order chi connectivity index (χ0) is 26.0. The average Bonchev–Trinajstić information content (AvgIpc) is 2.76. The molecule has 5 atom stereocenters. The van der Waals surface area contributed by atoms with Crippen molar-refractivity contribution in [3.05, 3.63) is 29.8 Å². The molecule has 0 aliphatic heterocycles. The number of phenolic OH excluding ortho intramolecular Hbond substituents is 1. The van der Waals surface area contributed by atoms with E-state index in [0.717, 1.165) is 0 Å². The van der Waals surface area contributed by atoms with Gasteiger partial charge in [0, 0.05) is 12.2 Å². The van der Waals surface area contributed by atoms with E-state index in [-0.39, 0.29) is 17.9 Å². The Labute approximate surface area is 200 Å². The molecular weight excluding hydrogens is 472 g/mol. The van der Waals surface area contributed by atoms with Crippen LogP contribution in [0.4, 0.5) is 0 Å². The van der Waals surface area contributed by atoms with Crippen molar-refractivity contribution >= 4 is 42.3 Å². The normalized spacial score (nSPS) is 15.2. The van der Waals surface area contributed by atoms with Crippen molar-refractivity contribution in [1.82, 2.24) is 16.0 Å². The number of aliphatic carboxylic acids is 2. The van der Waals surface area contributed by atoms with Crippen molar-refractivity contribution < 1.29 is 44.4 Å². The Hall–Kier alpha value is -3.36. The fraction of sp³-hybridized carbons (Fsp3) is 0.450. The summed E-state index contributed by atoms with van der Waals surface area (Å²) in [6.45, 7) is 1.23. The van der Waals surface area contributed by atoms with Gasteiger partial charge in [0.05, 0.1) is 12.5 Å². The number of aliphatic hydroxyl groups is 1. The molecule has 0 fully saturated rings. The van der Waals surface area contributed by atoms with Crippen molar-refractivity contribution in [1.29, 1.82) is 0 Å². The quantitative estimate of drug-likeness (QED) is 0.130. The van der Waals surface area contributed by atoms with Gasteiger partial charge in [-0.3, -0.25) is 19.2 Å². The van der Waals surface area contributed by atoms with Gasteiger partial charge in [0.2, 0.25) is 17.7 Å². The molecule has 0 heterocycles. The van der Waals surface area contributed by atoms with Crippen LogP contribution in [-0.4, -0.2) is 86.1 Å². The minimum absolute atomic E-state index is 0.0186. The first-order valence-electron chi connectivity index (χ1n) is 10.0. The molecule has 14 heteroatoms. The van der Waals surface area contributed by atoms with Gasteiger partial charge in [0.1, 0.15) is 29.9 Å². The molecule has 0 spiro atoms. The van der Waals surface area contributed by atoms with E-state index < -0.39 is 66.4 Å². The molecule has 0 saturated carbocycles. The molecule has 34 heavy (non-hydrogen) atoms. The first-order valence-corrected chi connectivity index (χ1v) is 10.7. The second-order valence-electron chi connectivity index (χ2n) is 7.44. The molecular formula is C20H28N4O9S. The lowest BCUT2D eigenvalue weighted by Gasteiger charge is -2.24. The average molecular weight is 501 g/mol. The molecule has 0 aliphatic carbocycles. The summed E-state index contributed by atoms with van der Waals surface area (Å²) < 4.78 is 0. The number of carboxylic acids is 2. The van der Waals surface area contributed by atoms with Gasteiger partial charge in [-0.2, -0.15) is 12.6 Å². The number of hydrogen-bond donors (Lipinski definition) is 9. The molecule has 5 unspecified atom stereocenters. The fourth-order valence-corrected chi connectivity index (χ4v) is 2.93. The number of nitrogens with two attached hydrogens (primary N) is 1. The minimum atomic E-state index is -1.63. The van der Waals surface area contributed by atoms with E-state index in [1.54, 1.807) is 0 Å². The van der Waals surface area contributed by atoms with E-state index in [1.807, 2.05) is 0 Å². The number of thiol groups is 1. The van der Waals surface area contributed by atoms with E-state index in [9.17, 15) is 39.3 Å². The monoisotopic (exact) mass is 500 g/mol. The summed E-state index contributed by atoms with van der Waals surface area (Å²) >= 11 is 3.97. The predicted octanol–water partition coefficient (Wildman–Crippen LogP) is -2.41. The fourth-order valence-electron chi connectivity index (χ4n) is 2.68. The molecule has 1 rings (SSSR count). The number of phenols is 1. The lowest BCUT2D eigenvalue weighted by Crippen LogP contribution is -2.59. The van der Waals surface area contributed by atoms with Crippen LogP contribution in [0.25, 0.3) is 0 Å². The molecule has 188 valence electrons. The number of aliphatic hydroxyl groups excluding tert-OH is 1. The zero-order valence-electron chi connectivity index (χ0n) is 18.2. The number of aromatic hydroxyl groups is 1. The summed E-state index contributed by atoms with van der Waals surface area (Å²) in [4.78, 5) is 59.9. The number of nitrogens with one attached hydrogen (secondary N) is 3. The van der Waals surface area contributed by atoms with E-state index in [2.05, 4.69) is 28.6 Å². The van der Waals surface area contributed by atoms with Gasteiger partial charge in [-0.1, -0.05) is 12.1 Å². The Morgan fingerprint density at radius 2 is 1.41 bits per heavy atom. The summed E-state index contributed by atoms with van der Waals surface area (Å²) in [6.07, 6.45) is -2.24. The Bertz CT molecular complexity index is 895. The first kappa shape index (κ1) is 28.7. The maximum absolute atomic E-state index is 12.6. The molecule has 1 aromatic rings. The van der Waals surface area contributed by atoms with Crippen LogP contribution in [0.3, 0.4) is 0 Å². The van der Waals surface area contributed by atoms with Gasteiger partial charge < -0.3 is 42.1 Å². The summed E-state index contributed by atoms with van der Waals surface area (Å²) in [5.74, 6) is -6.02. The van der Waals surface area contributed by atoms with Crippen molar-refractivity contribution in [2.75, 3.05) is 5.75 Å². The number of carboxylic acid groups (broad SMARTS) is 2. The van der Waals surface area contributed by atoms with Gasteiger partial charge >= 0.3 is 11.9 Å². The molecule has 13 nitrogen and oxygen atoms in total. The van der Waals surface area contributed by atoms with Gasteiger partial charge in [-0.25, -0.2) is 4.79 Å². The molecule has 0 radical (unpaired) electrons. The largest absolute Gasteiger partial charge is 0.508 e. The highest BCUT2D eigenvalue weighted by molar-refractivity contribution is 7.80. The number of carbonyl (C=O) groups is 5. The van der Waals surface area contributed by atoms with Gasteiger partial charge in [0.25, 0.3) is 0 Å². The third kappa shape index (κ3) is 9.25.